The van der Waals surface area contributed by atoms with Gasteiger partial charge in [0.15, 0.2) is 0 Å². The van der Waals surface area contributed by atoms with Gasteiger partial charge in [-0.2, -0.15) is 0 Å². The molecule has 1 saturated heterocycles. The maximum Gasteiger partial charge on any atom is 0.0943 e. The predicted molar refractivity (Wildman–Crippen MR) is 64.2 cm³/mol. The molecular weight excluding hydrogens is 206 g/mol. The molecule has 4 heteroatoms. The van der Waals surface area contributed by atoms with E-state index in [1.807, 2.05) is 24.6 Å². The van der Waals surface area contributed by atoms with E-state index in [-0.39, 0.29) is 0 Å². The van der Waals surface area contributed by atoms with Crippen molar-refractivity contribution >= 4 is 11.3 Å². The summed E-state index contributed by atoms with van der Waals surface area (Å²) in [5.74, 6) is 0. The van der Waals surface area contributed by atoms with Gasteiger partial charge in [-0.05, 0) is 33.5 Å². The standard InChI is InChI=1S/C11H19N3S/c1-12-7-10-8-13-11(15-10)6-9-4-3-5-14(9)2/h8-9,12H,3-7H2,1-2H3. The highest BCUT2D eigenvalue weighted by Crippen LogP contribution is 2.21. The molecule has 0 aromatic carbocycles. The van der Waals surface area contributed by atoms with Crippen LogP contribution in [0.2, 0.25) is 0 Å². The monoisotopic (exact) mass is 225 g/mol. The van der Waals surface area contributed by atoms with Gasteiger partial charge in [0.2, 0.25) is 0 Å². The molecular formula is C11H19N3S. The molecule has 0 bridgehead atoms. The lowest BCUT2D eigenvalue weighted by molar-refractivity contribution is 0.309. The first-order chi connectivity index (χ1) is 7.29. The maximum atomic E-state index is 4.48. The molecule has 1 aromatic rings. The number of rotatable bonds is 4. The van der Waals surface area contributed by atoms with Crippen LogP contribution in [0.5, 0.6) is 0 Å². The normalized spacial score (nSPS) is 22.4. The quantitative estimate of drug-likeness (QED) is 0.841. The Morgan fingerprint density at radius 1 is 1.67 bits per heavy atom. The highest BCUT2D eigenvalue weighted by Gasteiger charge is 2.21. The van der Waals surface area contributed by atoms with Crippen LogP contribution in [0.3, 0.4) is 0 Å². The van der Waals surface area contributed by atoms with Gasteiger partial charge < -0.3 is 10.2 Å². The average molecular weight is 225 g/mol. The molecule has 1 aromatic heterocycles. The van der Waals surface area contributed by atoms with Gasteiger partial charge in [0.25, 0.3) is 0 Å². The molecule has 1 atom stereocenters. The second-order valence-corrected chi connectivity index (χ2v) is 5.43. The van der Waals surface area contributed by atoms with E-state index in [9.17, 15) is 0 Å². The van der Waals surface area contributed by atoms with Crippen LogP contribution in [0.1, 0.15) is 22.7 Å². The van der Waals surface area contributed by atoms with E-state index in [2.05, 4.69) is 22.2 Å². The van der Waals surface area contributed by atoms with Gasteiger partial charge in [0.1, 0.15) is 0 Å². The summed E-state index contributed by atoms with van der Waals surface area (Å²) in [6.07, 6.45) is 5.81. The van der Waals surface area contributed by atoms with Crippen LogP contribution in [0.4, 0.5) is 0 Å². The van der Waals surface area contributed by atoms with E-state index in [0.717, 1.165) is 19.0 Å². The third-order valence-corrected chi connectivity index (χ3v) is 4.05. The Kier molecular flexibility index (Phi) is 3.72. The van der Waals surface area contributed by atoms with Crippen LogP contribution in [0, 0.1) is 0 Å². The molecule has 1 aliphatic rings. The Balaban J connectivity index is 1.92. The van der Waals surface area contributed by atoms with Crippen LogP contribution < -0.4 is 5.32 Å². The molecule has 0 saturated carbocycles. The van der Waals surface area contributed by atoms with Crippen molar-refractivity contribution in [1.82, 2.24) is 15.2 Å². The Bertz CT molecular complexity index is 311. The minimum Gasteiger partial charge on any atom is -0.315 e. The Morgan fingerprint density at radius 2 is 2.53 bits per heavy atom. The Morgan fingerprint density at radius 3 is 3.20 bits per heavy atom. The number of nitrogens with one attached hydrogen (secondary N) is 1. The Hall–Kier alpha value is -0.450. The summed E-state index contributed by atoms with van der Waals surface area (Å²) in [7, 11) is 4.20. The molecule has 1 aliphatic heterocycles. The topological polar surface area (TPSA) is 28.2 Å². The van der Waals surface area contributed by atoms with E-state index in [0.29, 0.717) is 0 Å². The summed E-state index contributed by atoms with van der Waals surface area (Å²) in [6.45, 7) is 2.19. The molecule has 0 amide bonds. The second-order valence-electron chi connectivity index (χ2n) is 4.23. The number of likely N-dealkylation sites (tertiary alicyclic amines) is 1. The zero-order valence-electron chi connectivity index (χ0n) is 9.49. The summed E-state index contributed by atoms with van der Waals surface area (Å²) in [4.78, 5) is 8.28. The molecule has 2 rings (SSSR count). The number of hydrogen-bond donors (Lipinski definition) is 1. The Labute approximate surface area is 95.5 Å². The summed E-state index contributed by atoms with van der Waals surface area (Å²) in [5, 5.41) is 4.45. The molecule has 0 spiro atoms. The van der Waals surface area contributed by atoms with Crippen molar-refractivity contribution in [3.63, 3.8) is 0 Å². The highest BCUT2D eigenvalue weighted by molar-refractivity contribution is 7.11. The number of nitrogens with zero attached hydrogens (tertiary/aromatic N) is 2. The van der Waals surface area contributed by atoms with Gasteiger partial charge in [-0.15, -0.1) is 11.3 Å². The average Bonchev–Trinajstić information content (AvgIpc) is 2.79. The summed E-state index contributed by atoms with van der Waals surface area (Å²) < 4.78 is 0. The lowest BCUT2D eigenvalue weighted by Crippen LogP contribution is -2.26. The zero-order valence-corrected chi connectivity index (χ0v) is 10.3. The predicted octanol–water partition coefficient (Wildman–Crippen LogP) is 1.50. The fourth-order valence-electron chi connectivity index (χ4n) is 2.14. The van der Waals surface area contributed by atoms with Crippen molar-refractivity contribution in [3.8, 4) is 0 Å². The number of likely N-dealkylation sites (N-methyl/N-ethyl adjacent to an activating group) is 1. The van der Waals surface area contributed by atoms with Gasteiger partial charge in [0, 0.05) is 30.1 Å². The number of hydrogen-bond acceptors (Lipinski definition) is 4. The smallest absolute Gasteiger partial charge is 0.0943 e. The third-order valence-electron chi connectivity index (χ3n) is 3.03. The third kappa shape index (κ3) is 2.77. The highest BCUT2D eigenvalue weighted by atomic mass is 32.1. The number of aromatic nitrogens is 1. The molecule has 1 unspecified atom stereocenters. The maximum absolute atomic E-state index is 4.48. The minimum absolute atomic E-state index is 0.721. The zero-order chi connectivity index (χ0) is 10.7. The van der Waals surface area contributed by atoms with Crippen molar-refractivity contribution in [2.45, 2.75) is 31.8 Å². The molecule has 15 heavy (non-hydrogen) atoms. The van der Waals surface area contributed by atoms with E-state index >= 15 is 0 Å². The molecule has 3 nitrogen and oxygen atoms in total. The summed E-state index contributed by atoms with van der Waals surface area (Å²) >= 11 is 1.85. The van der Waals surface area contributed by atoms with Gasteiger partial charge >= 0.3 is 0 Å². The van der Waals surface area contributed by atoms with E-state index in [4.69, 9.17) is 0 Å². The first kappa shape index (κ1) is 11.0. The van der Waals surface area contributed by atoms with Crippen molar-refractivity contribution in [3.05, 3.63) is 16.1 Å². The summed E-state index contributed by atoms with van der Waals surface area (Å²) in [5.41, 5.74) is 0. The van der Waals surface area contributed by atoms with Crippen LogP contribution in [0.25, 0.3) is 0 Å². The summed E-state index contributed by atoms with van der Waals surface area (Å²) in [6, 6.07) is 0.721. The van der Waals surface area contributed by atoms with Crippen molar-refractivity contribution in [2.75, 3.05) is 20.6 Å². The number of thiazole rings is 1. The molecule has 1 fully saturated rings. The molecule has 84 valence electrons. The van der Waals surface area contributed by atoms with Crippen LogP contribution in [0.15, 0.2) is 6.20 Å². The molecule has 2 heterocycles. The van der Waals surface area contributed by atoms with Crippen LogP contribution in [-0.4, -0.2) is 36.6 Å². The fraction of sp³-hybridized carbons (Fsp3) is 0.727. The molecule has 0 aliphatic carbocycles. The van der Waals surface area contributed by atoms with Gasteiger partial charge in [0.05, 0.1) is 5.01 Å². The van der Waals surface area contributed by atoms with Gasteiger partial charge in [-0.3, -0.25) is 0 Å². The first-order valence-electron chi connectivity index (χ1n) is 5.58. The second kappa shape index (κ2) is 5.05. The van der Waals surface area contributed by atoms with Crippen LogP contribution in [-0.2, 0) is 13.0 Å². The van der Waals surface area contributed by atoms with Crippen molar-refractivity contribution < 1.29 is 0 Å². The lowest BCUT2D eigenvalue weighted by atomic mass is 10.1. The van der Waals surface area contributed by atoms with Crippen molar-refractivity contribution in [1.29, 1.82) is 0 Å². The first-order valence-corrected chi connectivity index (χ1v) is 6.39. The van der Waals surface area contributed by atoms with Crippen molar-refractivity contribution in [2.24, 2.45) is 0 Å². The lowest BCUT2D eigenvalue weighted by Gasteiger charge is -2.17. The molecule has 1 N–H and O–H groups in total. The SMILES string of the molecule is CNCc1cnc(CC2CCCN2C)s1. The van der Waals surface area contributed by atoms with E-state index < -0.39 is 0 Å². The largest absolute Gasteiger partial charge is 0.315 e. The van der Waals surface area contributed by atoms with Gasteiger partial charge in [-0.1, -0.05) is 0 Å². The van der Waals surface area contributed by atoms with Gasteiger partial charge in [-0.25, -0.2) is 4.98 Å². The van der Waals surface area contributed by atoms with E-state index in [1.54, 1.807) is 0 Å². The minimum atomic E-state index is 0.721. The fourth-order valence-corrected chi connectivity index (χ4v) is 3.14. The molecule has 0 radical (unpaired) electrons. The van der Waals surface area contributed by atoms with Crippen LogP contribution >= 0.6 is 11.3 Å². The van der Waals surface area contributed by atoms with E-state index in [1.165, 1.54) is 29.3 Å².